The van der Waals surface area contributed by atoms with Crippen LogP contribution < -0.4 is 10.5 Å². The number of para-hydroxylation sites is 1. The van der Waals surface area contributed by atoms with Gasteiger partial charge in [0.25, 0.3) is 0 Å². The van der Waals surface area contributed by atoms with Crippen LogP contribution in [-0.2, 0) is 34.9 Å². The number of nitrogens with zero attached hydrogens (tertiary/aromatic N) is 2. The van der Waals surface area contributed by atoms with E-state index in [9.17, 15) is 22.8 Å². The Labute approximate surface area is 186 Å². The van der Waals surface area contributed by atoms with E-state index in [1.54, 1.807) is 38.1 Å². The molecule has 2 aliphatic heterocycles. The third-order valence-corrected chi connectivity index (χ3v) is 6.06. The molecule has 32 heavy (non-hydrogen) atoms. The zero-order valence-electron chi connectivity index (χ0n) is 18.1. The summed E-state index contributed by atoms with van der Waals surface area (Å²) in [4.78, 5) is 36.6. The smallest absolute Gasteiger partial charge is 0.421 e. The number of carbonyl (C=O) groups excluding carboxylic acids is 3. The third-order valence-electron chi connectivity index (χ3n) is 5.31. The molecule has 2 saturated heterocycles. The van der Waals surface area contributed by atoms with Crippen molar-refractivity contribution in [2.75, 3.05) is 13.2 Å². The Morgan fingerprint density at radius 2 is 1.91 bits per heavy atom. The van der Waals surface area contributed by atoms with Crippen LogP contribution in [0, 0.1) is 5.41 Å². The second-order valence-corrected chi connectivity index (χ2v) is 9.90. The Bertz CT molecular complexity index is 1010. The fourth-order valence-corrected chi connectivity index (χ4v) is 4.74. The van der Waals surface area contributed by atoms with E-state index in [0.717, 1.165) is 5.06 Å². The maximum Gasteiger partial charge on any atom is 0.421 e. The highest BCUT2D eigenvalue weighted by Crippen LogP contribution is 2.32. The zero-order valence-corrected chi connectivity index (χ0v) is 19.0. The van der Waals surface area contributed by atoms with Gasteiger partial charge in [0.2, 0.25) is 5.91 Å². The first kappa shape index (κ1) is 24.0. The fraction of sp³-hybridized carbons (Fsp3) is 0.550. The van der Waals surface area contributed by atoms with Gasteiger partial charge in [0.05, 0.1) is 12.6 Å². The van der Waals surface area contributed by atoms with Crippen molar-refractivity contribution in [1.29, 1.82) is 0 Å². The predicted octanol–water partition coefficient (Wildman–Crippen LogP) is 1.13. The summed E-state index contributed by atoms with van der Waals surface area (Å²) in [5.74, 6) is -0.717. The number of primary amides is 1. The minimum atomic E-state index is -4.55. The van der Waals surface area contributed by atoms with Crippen molar-refractivity contribution in [3.8, 4) is 5.75 Å². The maximum absolute atomic E-state index is 12.5. The van der Waals surface area contributed by atoms with Gasteiger partial charge in [-0.15, -0.1) is 4.28 Å². The van der Waals surface area contributed by atoms with Crippen LogP contribution in [0.15, 0.2) is 24.3 Å². The van der Waals surface area contributed by atoms with Crippen LogP contribution in [-0.4, -0.2) is 61.5 Å². The number of fused-ring (bicyclic) bond motifs is 2. The lowest BCUT2D eigenvalue weighted by Gasteiger charge is -2.27. The van der Waals surface area contributed by atoms with E-state index in [-0.39, 0.29) is 13.2 Å². The predicted molar refractivity (Wildman–Crippen MR) is 111 cm³/mol. The highest BCUT2D eigenvalue weighted by atomic mass is 32.3. The van der Waals surface area contributed by atoms with Gasteiger partial charge < -0.3 is 15.4 Å². The number of esters is 1. The summed E-state index contributed by atoms with van der Waals surface area (Å²) in [5, 5.41) is 0.737. The average Bonchev–Trinajstić information content (AvgIpc) is 2.92. The number of amides is 3. The number of hydrogen-bond donors (Lipinski definition) is 1. The maximum atomic E-state index is 12.5. The van der Waals surface area contributed by atoms with Crippen molar-refractivity contribution >= 4 is 28.3 Å². The molecule has 0 saturated carbocycles. The van der Waals surface area contributed by atoms with Gasteiger partial charge in [-0.25, -0.2) is 8.98 Å². The molecule has 0 aliphatic carbocycles. The van der Waals surface area contributed by atoms with Gasteiger partial charge >= 0.3 is 22.4 Å². The number of rotatable bonds is 9. The highest BCUT2D eigenvalue weighted by Gasteiger charge is 2.49. The molecule has 0 aromatic heterocycles. The van der Waals surface area contributed by atoms with Gasteiger partial charge in [0, 0.05) is 13.5 Å². The Morgan fingerprint density at radius 3 is 2.56 bits per heavy atom. The molecule has 2 heterocycles. The molecule has 176 valence electrons. The number of urea groups is 1. The van der Waals surface area contributed by atoms with Crippen LogP contribution in [0.1, 0.15) is 39.2 Å². The van der Waals surface area contributed by atoms with Crippen LogP contribution in [0.25, 0.3) is 0 Å². The van der Waals surface area contributed by atoms with Crippen molar-refractivity contribution in [1.82, 2.24) is 9.96 Å². The fourth-order valence-electron chi connectivity index (χ4n) is 3.85. The number of hydrogen-bond acceptors (Lipinski definition) is 8. The van der Waals surface area contributed by atoms with E-state index in [4.69, 9.17) is 18.9 Å². The summed E-state index contributed by atoms with van der Waals surface area (Å²) in [6.07, 6.45) is 1.07. The Balaban J connectivity index is 1.62. The molecule has 3 rings (SSSR count). The van der Waals surface area contributed by atoms with Gasteiger partial charge in [-0.1, -0.05) is 32.0 Å². The van der Waals surface area contributed by atoms with Gasteiger partial charge in [-0.05, 0) is 36.3 Å². The van der Waals surface area contributed by atoms with E-state index < -0.39 is 45.8 Å². The summed E-state index contributed by atoms with van der Waals surface area (Å²) in [6.45, 7) is 4.77. The molecular weight excluding hydrogens is 442 g/mol. The van der Waals surface area contributed by atoms with Crippen LogP contribution in [0.4, 0.5) is 4.79 Å². The molecule has 2 unspecified atom stereocenters. The lowest BCUT2D eigenvalue weighted by molar-refractivity contribution is -0.132. The molecule has 2 aliphatic rings. The van der Waals surface area contributed by atoms with E-state index in [1.807, 2.05) is 0 Å². The highest BCUT2D eigenvalue weighted by molar-refractivity contribution is 7.81. The zero-order chi connectivity index (χ0) is 23.7. The van der Waals surface area contributed by atoms with Crippen LogP contribution in [0.3, 0.4) is 0 Å². The quantitative estimate of drug-likeness (QED) is 0.418. The Morgan fingerprint density at radius 1 is 1.22 bits per heavy atom. The number of nitrogens with two attached hydrogens (primary N) is 1. The van der Waals surface area contributed by atoms with E-state index in [2.05, 4.69) is 0 Å². The summed E-state index contributed by atoms with van der Waals surface area (Å²) < 4.78 is 40.1. The van der Waals surface area contributed by atoms with Crippen molar-refractivity contribution in [3.63, 3.8) is 0 Å². The molecule has 2 atom stereocenters. The van der Waals surface area contributed by atoms with Crippen LogP contribution in [0.2, 0.25) is 0 Å². The molecule has 3 amide bonds. The average molecular weight is 470 g/mol. The minimum Gasteiger partial charge on any atom is -0.426 e. The molecule has 0 radical (unpaired) electrons. The van der Waals surface area contributed by atoms with E-state index in [1.165, 1.54) is 11.8 Å². The minimum absolute atomic E-state index is 0.153. The monoisotopic (exact) mass is 469 g/mol. The second-order valence-electron chi connectivity index (χ2n) is 8.70. The number of carbonyl (C=O) groups is 3. The van der Waals surface area contributed by atoms with Gasteiger partial charge in [-0.2, -0.15) is 13.5 Å². The van der Waals surface area contributed by atoms with Gasteiger partial charge in [0.15, 0.2) is 0 Å². The number of hydroxylamine groups is 2. The molecule has 11 nitrogen and oxygen atoms in total. The molecule has 2 bridgehead atoms. The standard InChI is InChI=1S/C20H27N3O8S/c1-13(24)30-17-7-5-4-6-14(17)10-20(2,3)12-29-32(27,28)31-23-15-8-9-16(18(21)25)22(11-15)19(23)26/h4-7,15-16H,8-12H2,1-3H3,(H2,21,25). The lowest BCUT2D eigenvalue weighted by Crippen LogP contribution is -2.47. The number of piperidine rings is 1. The van der Waals surface area contributed by atoms with Crippen molar-refractivity contribution in [3.05, 3.63) is 29.8 Å². The molecule has 2 fully saturated rings. The lowest BCUT2D eigenvalue weighted by atomic mass is 9.86. The number of ether oxygens (including phenoxy) is 1. The summed E-state index contributed by atoms with van der Waals surface area (Å²) in [5.41, 5.74) is 5.35. The Hall–Kier alpha value is -2.70. The van der Waals surface area contributed by atoms with Crippen LogP contribution in [0.5, 0.6) is 5.75 Å². The van der Waals surface area contributed by atoms with E-state index >= 15 is 0 Å². The van der Waals surface area contributed by atoms with Crippen molar-refractivity contribution in [2.45, 2.75) is 52.1 Å². The Kier molecular flexibility index (Phi) is 6.77. The third kappa shape index (κ3) is 5.56. The first-order valence-corrected chi connectivity index (χ1v) is 11.5. The summed E-state index contributed by atoms with van der Waals surface area (Å²) in [6, 6.07) is 4.90. The van der Waals surface area contributed by atoms with E-state index in [0.29, 0.717) is 30.6 Å². The molecule has 1 aromatic rings. The summed E-state index contributed by atoms with van der Waals surface area (Å²) >= 11 is 0. The van der Waals surface area contributed by atoms with Gasteiger partial charge in [0.1, 0.15) is 11.8 Å². The first-order valence-electron chi connectivity index (χ1n) is 10.1. The summed E-state index contributed by atoms with van der Waals surface area (Å²) in [7, 11) is -4.55. The van der Waals surface area contributed by atoms with Crippen molar-refractivity contribution in [2.24, 2.45) is 11.1 Å². The molecular formula is C20H27N3O8S. The largest absolute Gasteiger partial charge is 0.426 e. The second kappa shape index (κ2) is 9.04. The molecule has 0 spiro atoms. The first-order chi connectivity index (χ1) is 14.9. The number of benzene rings is 1. The SMILES string of the molecule is CC(=O)Oc1ccccc1CC(C)(C)COS(=O)(=O)ON1C(=O)N2CC1CCC2C(N)=O. The van der Waals surface area contributed by atoms with Gasteiger partial charge in [-0.3, -0.25) is 9.59 Å². The molecule has 12 heteroatoms. The van der Waals surface area contributed by atoms with Crippen molar-refractivity contribution < 1.29 is 36.0 Å². The van der Waals surface area contributed by atoms with Crippen LogP contribution >= 0.6 is 0 Å². The molecule has 1 aromatic carbocycles. The molecule has 2 N–H and O–H groups in total. The topological polar surface area (TPSA) is 146 Å². The normalized spacial score (nSPS) is 21.0.